The molecule has 0 saturated carbocycles. The van der Waals surface area contributed by atoms with E-state index in [9.17, 15) is 4.79 Å². The highest BCUT2D eigenvalue weighted by Crippen LogP contribution is 2.27. The van der Waals surface area contributed by atoms with Crippen molar-refractivity contribution in [2.45, 2.75) is 13.0 Å². The van der Waals surface area contributed by atoms with Crippen LogP contribution in [0.1, 0.15) is 29.0 Å². The van der Waals surface area contributed by atoms with E-state index in [1.54, 1.807) is 24.3 Å². The predicted octanol–water partition coefficient (Wildman–Crippen LogP) is 4.94. The Morgan fingerprint density at radius 2 is 1.76 bits per heavy atom. The molecule has 126 valence electrons. The molecule has 1 N–H and O–H groups in total. The van der Waals surface area contributed by atoms with Crippen LogP contribution in [0.4, 0.5) is 0 Å². The van der Waals surface area contributed by atoms with E-state index < -0.39 is 0 Å². The first kappa shape index (κ1) is 17.4. The fraction of sp³-hybridized carbons (Fsp3) is 0.105. The fourth-order valence-corrected chi connectivity index (χ4v) is 2.69. The third-order valence-electron chi connectivity index (χ3n) is 3.76. The van der Waals surface area contributed by atoms with Crippen LogP contribution in [0, 0.1) is 0 Å². The van der Waals surface area contributed by atoms with E-state index in [1.165, 1.54) is 6.33 Å². The standard InChI is InChI=1S/C19H15Cl2N3O/c1-12(13-5-3-2-4-6-13)24-19(25)18-10-17(22-11-23-18)14-7-8-15(20)16(21)9-14/h2-12H,1H3,(H,24,25)/t12-/m0/s1. The van der Waals surface area contributed by atoms with E-state index in [0.29, 0.717) is 21.4 Å². The van der Waals surface area contributed by atoms with Crippen LogP contribution in [0.5, 0.6) is 0 Å². The first-order chi connectivity index (χ1) is 12.0. The van der Waals surface area contributed by atoms with Crippen LogP contribution < -0.4 is 5.32 Å². The van der Waals surface area contributed by atoms with Gasteiger partial charge in [0.1, 0.15) is 12.0 Å². The summed E-state index contributed by atoms with van der Waals surface area (Å²) < 4.78 is 0. The lowest BCUT2D eigenvalue weighted by Gasteiger charge is -2.14. The molecule has 0 aliphatic heterocycles. The zero-order valence-electron chi connectivity index (χ0n) is 13.4. The average molecular weight is 372 g/mol. The van der Waals surface area contributed by atoms with Crippen LogP contribution in [0.3, 0.4) is 0 Å². The molecule has 1 heterocycles. The number of nitrogens with zero attached hydrogens (tertiary/aromatic N) is 2. The van der Waals surface area contributed by atoms with E-state index in [2.05, 4.69) is 15.3 Å². The van der Waals surface area contributed by atoms with Gasteiger partial charge in [-0.2, -0.15) is 0 Å². The summed E-state index contributed by atoms with van der Waals surface area (Å²) in [5.41, 5.74) is 2.68. The molecule has 0 spiro atoms. The van der Waals surface area contributed by atoms with Crippen molar-refractivity contribution in [3.8, 4) is 11.3 Å². The first-order valence-electron chi connectivity index (χ1n) is 7.68. The molecule has 1 aromatic heterocycles. The molecular weight excluding hydrogens is 357 g/mol. The van der Waals surface area contributed by atoms with Crippen molar-refractivity contribution in [1.29, 1.82) is 0 Å². The lowest BCUT2D eigenvalue weighted by molar-refractivity contribution is 0.0934. The zero-order chi connectivity index (χ0) is 17.8. The molecule has 0 radical (unpaired) electrons. The van der Waals surface area contributed by atoms with Gasteiger partial charge in [0.2, 0.25) is 0 Å². The molecule has 1 amide bonds. The summed E-state index contributed by atoms with van der Waals surface area (Å²) >= 11 is 12.0. The highest BCUT2D eigenvalue weighted by atomic mass is 35.5. The molecule has 6 heteroatoms. The summed E-state index contributed by atoms with van der Waals surface area (Å²) in [6.45, 7) is 1.92. The summed E-state index contributed by atoms with van der Waals surface area (Å²) in [5, 5.41) is 3.83. The van der Waals surface area contributed by atoms with Gasteiger partial charge in [-0.3, -0.25) is 4.79 Å². The molecule has 2 aromatic carbocycles. The second kappa shape index (κ2) is 7.64. The Kier molecular flexibility index (Phi) is 5.31. The number of hydrogen-bond acceptors (Lipinski definition) is 3. The van der Waals surface area contributed by atoms with Crippen molar-refractivity contribution in [2.75, 3.05) is 0 Å². The Morgan fingerprint density at radius 1 is 1.00 bits per heavy atom. The maximum atomic E-state index is 12.5. The second-order valence-electron chi connectivity index (χ2n) is 5.52. The maximum Gasteiger partial charge on any atom is 0.270 e. The highest BCUT2D eigenvalue weighted by molar-refractivity contribution is 6.42. The van der Waals surface area contributed by atoms with Gasteiger partial charge in [0.05, 0.1) is 21.8 Å². The summed E-state index contributed by atoms with van der Waals surface area (Å²) in [7, 11) is 0. The Morgan fingerprint density at radius 3 is 2.48 bits per heavy atom. The largest absolute Gasteiger partial charge is 0.344 e. The van der Waals surface area contributed by atoms with Crippen molar-refractivity contribution in [3.05, 3.63) is 82.2 Å². The maximum absolute atomic E-state index is 12.5. The summed E-state index contributed by atoms with van der Waals surface area (Å²) in [5.74, 6) is -0.264. The third-order valence-corrected chi connectivity index (χ3v) is 4.50. The minimum Gasteiger partial charge on any atom is -0.344 e. The molecule has 3 aromatic rings. The summed E-state index contributed by atoms with van der Waals surface area (Å²) in [6.07, 6.45) is 1.36. The van der Waals surface area contributed by atoms with Crippen molar-refractivity contribution in [2.24, 2.45) is 0 Å². The van der Waals surface area contributed by atoms with E-state index in [1.807, 2.05) is 37.3 Å². The van der Waals surface area contributed by atoms with E-state index in [0.717, 1.165) is 11.1 Å². The summed E-state index contributed by atoms with van der Waals surface area (Å²) in [6, 6.07) is 16.4. The highest BCUT2D eigenvalue weighted by Gasteiger charge is 2.14. The van der Waals surface area contributed by atoms with Gasteiger partial charge in [-0.1, -0.05) is 59.6 Å². The topological polar surface area (TPSA) is 54.9 Å². The van der Waals surface area contributed by atoms with E-state index >= 15 is 0 Å². The number of nitrogens with one attached hydrogen (secondary N) is 1. The number of carbonyl (C=O) groups is 1. The van der Waals surface area contributed by atoms with Crippen LogP contribution in [0.25, 0.3) is 11.3 Å². The van der Waals surface area contributed by atoms with Crippen molar-refractivity contribution >= 4 is 29.1 Å². The van der Waals surface area contributed by atoms with Crippen LogP contribution in [0.2, 0.25) is 10.0 Å². The monoisotopic (exact) mass is 371 g/mol. The van der Waals surface area contributed by atoms with Gasteiger partial charge in [-0.05, 0) is 30.7 Å². The molecular formula is C19H15Cl2N3O. The Hall–Kier alpha value is -2.43. The van der Waals surface area contributed by atoms with Crippen molar-refractivity contribution in [1.82, 2.24) is 15.3 Å². The lowest BCUT2D eigenvalue weighted by atomic mass is 10.1. The number of aromatic nitrogens is 2. The molecule has 0 fully saturated rings. The Balaban J connectivity index is 1.81. The number of hydrogen-bond donors (Lipinski definition) is 1. The minimum atomic E-state index is -0.264. The molecule has 1 atom stereocenters. The molecule has 0 unspecified atom stereocenters. The predicted molar refractivity (Wildman–Crippen MR) is 99.8 cm³/mol. The van der Waals surface area contributed by atoms with Gasteiger partial charge in [-0.15, -0.1) is 0 Å². The van der Waals surface area contributed by atoms with Crippen LogP contribution in [0.15, 0.2) is 60.9 Å². The van der Waals surface area contributed by atoms with Crippen LogP contribution in [-0.4, -0.2) is 15.9 Å². The van der Waals surface area contributed by atoms with Gasteiger partial charge in [0.15, 0.2) is 0 Å². The normalized spacial score (nSPS) is 11.8. The molecule has 25 heavy (non-hydrogen) atoms. The quantitative estimate of drug-likeness (QED) is 0.706. The number of halogens is 2. The van der Waals surface area contributed by atoms with Gasteiger partial charge >= 0.3 is 0 Å². The third kappa shape index (κ3) is 4.16. The van der Waals surface area contributed by atoms with Crippen molar-refractivity contribution in [3.63, 3.8) is 0 Å². The number of benzene rings is 2. The molecule has 0 aliphatic carbocycles. The number of amides is 1. The van der Waals surface area contributed by atoms with Gasteiger partial charge in [0.25, 0.3) is 5.91 Å². The molecule has 4 nitrogen and oxygen atoms in total. The number of carbonyl (C=O) groups excluding carboxylic acids is 1. The Bertz CT molecular complexity index is 900. The SMILES string of the molecule is C[C@H](NC(=O)c1cc(-c2ccc(Cl)c(Cl)c2)ncn1)c1ccccc1. The van der Waals surface area contributed by atoms with Crippen LogP contribution >= 0.6 is 23.2 Å². The van der Waals surface area contributed by atoms with E-state index in [-0.39, 0.29) is 11.9 Å². The van der Waals surface area contributed by atoms with Crippen LogP contribution in [-0.2, 0) is 0 Å². The minimum absolute atomic E-state index is 0.128. The van der Waals surface area contributed by atoms with Gasteiger partial charge in [-0.25, -0.2) is 9.97 Å². The summed E-state index contributed by atoms with van der Waals surface area (Å²) in [4.78, 5) is 20.8. The van der Waals surface area contributed by atoms with E-state index in [4.69, 9.17) is 23.2 Å². The second-order valence-corrected chi connectivity index (χ2v) is 6.34. The molecule has 0 saturated heterocycles. The van der Waals surface area contributed by atoms with Gasteiger partial charge in [0, 0.05) is 5.56 Å². The number of rotatable bonds is 4. The molecule has 3 rings (SSSR count). The van der Waals surface area contributed by atoms with Crippen molar-refractivity contribution < 1.29 is 4.79 Å². The molecule has 0 bridgehead atoms. The molecule has 0 aliphatic rings. The zero-order valence-corrected chi connectivity index (χ0v) is 14.9. The Labute approximate surface area is 155 Å². The van der Waals surface area contributed by atoms with Gasteiger partial charge < -0.3 is 5.32 Å². The smallest absolute Gasteiger partial charge is 0.270 e. The first-order valence-corrected chi connectivity index (χ1v) is 8.43. The average Bonchev–Trinajstić information content (AvgIpc) is 2.64. The lowest BCUT2D eigenvalue weighted by Crippen LogP contribution is -2.27. The fourth-order valence-electron chi connectivity index (χ4n) is 2.39.